The molecular weight excluding hydrogens is 358 g/mol. The molecule has 1 fully saturated rings. The number of likely N-dealkylation sites (N-methyl/N-ethyl adjacent to an activating group) is 1. The van der Waals surface area contributed by atoms with Crippen molar-refractivity contribution >= 4 is 29.4 Å². The number of benzene rings is 1. The number of carbonyl (C=O) groups excluding carboxylic acids is 3. The number of hydrogen-bond acceptors (Lipinski definition) is 6. The number of aryl methyl sites for hydroxylation is 2. The molecule has 146 valence electrons. The van der Waals surface area contributed by atoms with Gasteiger partial charge in [-0.3, -0.25) is 19.4 Å². The van der Waals surface area contributed by atoms with E-state index in [1.807, 2.05) is 36.8 Å². The van der Waals surface area contributed by atoms with Crippen molar-refractivity contribution in [2.75, 3.05) is 18.5 Å². The maximum atomic E-state index is 13.1. The van der Waals surface area contributed by atoms with E-state index in [0.29, 0.717) is 5.96 Å². The summed E-state index contributed by atoms with van der Waals surface area (Å²) >= 11 is 0. The highest BCUT2D eigenvalue weighted by atomic mass is 16.2. The molecule has 1 aromatic rings. The summed E-state index contributed by atoms with van der Waals surface area (Å²) in [6, 6.07) is 5.03. The van der Waals surface area contributed by atoms with Gasteiger partial charge in [-0.1, -0.05) is 12.1 Å². The van der Waals surface area contributed by atoms with Crippen LogP contribution in [0, 0.1) is 13.8 Å². The molecule has 3 aliphatic heterocycles. The van der Waals surface area contributed by atoms with Gasteiger partial charge in [0.05, 0.1) is 12.2 Å². The lowest BCUT2D eigenvalue weighted by Gasteiger charge is -2.39. The number of anilines is 1. The molecule has 3 amide bonds. The molecule has 3 heterocycles. The van der Waals surface area contributed by atoms with E-state index in [4.69, 9.17) is 4.99 Å². The Morgan fingerprint density at radius 1 is 1.18 bits per heavy atom. The molecule has 8 nitrogen and oxygen atoms in total. The van der Waals surface area contributed by atoms with Crippen LogP contribution in [0.5, 0.6) is 0 Å². The highest BCUT2D eigenvalue weighted by molar-refractivity contribution is 6.11. The average Bonchev–Trinajstić information content (AvgIpc) is 3.13. The average molecular weight is 381 g/mol. The quantitative estimate of drug-likeness (QED) is 0.798. The van der Waals surface area contributed by atoms with Crippen molar-refractivity contribution in [3.8, 4) is 0 Å². The van der Waals surface area contributed by atoms with Gasteiger partial charge in [-0.2, -0.15) is 0 Å². The molecule has 4 rings (SSSR count). The number of allylic oxidation sites excluding steroid dienone is 1. The number of ketones is 1. The van der Waals surface area contributed by atoms with Crippen molar-refractivity contribution in [3.05, 3.63) is 41.2 Å². The van der Waals surface area contributed by atoms with E-state index in [1.54, 1.807) is 7.05 Å². The van der Waals surface area contributed by atoms with E-state index in [-0.39, 0.29) is 12.3 Å². The summed E-state index contributed by atoms with van der Waals surface area (Å²) in [7, 11) is 1.62. The first kappa shape index (κ1) is 18.2. The highest BCUT2D eigenvalue weighted by Crippen LogP contribution is 2.37. The topological polar surface area (TPSA) is 76.5 Å². The summed E-state index contributed by atoms with van der Waals surface area (Å²) in [5.41, 5.74) is 4.15. The molecule has 1 aromatic carbocycles. The van der Waals surface area contributed by atoms with Crippen molar-refractivity contribution in [1.29, 1.82) is 0 Å². The second-order valence-corrected chi connectivity index (χ2v) is 7.61. The summed E-state index contributed by atoms with van der Waals surface area (Å²) < 4.78 is 0. The predicted molar refractivity (Wildman–Crippen MR) is 105 cm³/mol. The van der Waals surface area contributed by atoms with E-state index in [0.717, 1.165) is 27.4 Å². The molecule has 0 N–H and O–H groups in total. The van der Waals surface area contributed by atoms with Gasteiger partial charge in [-0.05, 0) is 44.9 Å². The van der Waals surface area contributed by atoms with Gasteiger partial charge in [0.1, 0.15) is 5.78 Å². The fourth-order valence-corrected chi connectivity index (χ4v) is 3.98. The maximum Gasteiger partial charge on any atom is 0.328 e. The van der Waals surface area contributed by atoms with E-state index >= 15 is 0 Å². The second kappa shape index (κ2) is 6.19. The van der Waals surface area contributed by atoms with Crippen LogP contribution in [0.2, 0.25) is 0 Å². The number of hydrogen-bond donors (Lipinski definition) is 0. The van der Waals surface area contributed by atoms with Crippen molar-refractivity contribution in [2.45, 2.75) is 39.9 Å². The lowest BCUT2D eigenvalue weighted by atomic mass is 10.1. The number of urea groups is 1. The Labute approximate surface area is 163 Å². The Morgan fingerprint density at radius 3 is 2.57 bits per heavy atom. The molecule has 1 saturated heterocycles. The van der Waals surface area contributed by atoms with Crippen molar-refractivity contribution in [2.24, 2.45) is 4.99 Å². The molecule has 0 aromatic heterocycles. The van der Waals surface area contributed by atoms with Crippen LogP contribution in [0.15, 0.2) is 35.1 Å². The maximum absolute atomic E-state index is 13.1. The fraction of sp³-hybridized carbons (Fsp3) is 0.400. The van der Waals surface area contributed by atoms with Crippen LogP contribution in [0.4, 0.5) is 10.5 Å². The first-order chi connectivity index (χ1) is 13.2. The summed E-state index contributed by atoms with van der Waals surface area (Å²) in [5.74, 6) is -0.00867. The zero-order chi connectivity index (χ0) is 20.3. The largest absolute Gasteiger partial charge is 0.328 e. The van der Waals surface area contributed by atoms with E-state index in [9.17, 15) is 14.4 Å². The summed E-state index contributed by atoms with van der Waals surface area (Å²) in [5, 5.41) is 0. The van der Waals surface area contributed by atoms with Crippen molar-refractivity contribution < 1.29 is 14.4 Å². The number of rotatable bonds is 3. The molecule has 8 heteroatoms. The molecule has 3 aliphatic rings. The normalized spacial score (nSPS) is 23.8. The Morgan fingerprint density at radius 2 is 1.89 bits per heavy atom. The Hall–Kier alpha value is -3.16. The van der Waals surface area contributed by atoms with Crippen LogP contribution in [0.25, 0.3) is 0 Å². The lowest BCUT2D eigenvalue weighted by Crippen LogP contribution is -2.64. The molecule has 28 heavy (non-hydrogen) atoms. The van der Waals surface area contributed by atoms with Gasteiger partial charge in [0.15, 0.2) is 12.2 Å². The van der Waals surface area contributed by atoms with Crippen LogP contribution in [-0.4, -0.2) is 64.2 Å². The standard InChI is InChI=1S/C20H23N5O3/c1-11-6-7-12(2)15(8-11)25-13(3)9-23-16-17(21-19(23)25)22(5)20(28)24(18(16)27)10-14(4)26/h6-9,16-17H,10H2,1-5H3. The Balaban J connectivity index is 1.75. The van der Waals surface area contributed by atoms with Crippen molar-refractivity contribution in [1.82, 2.24) is 14.7 Å². The highest BCUT2D eigenvalue weighted by Gasteiger charge is 2.54. The van der Waals surface area contributed by atoms with Crippen LogP contribution in [0.1, 0.15) is 25.0 Å². The second-order valence-electron chi connectivity index (χ2n) is 7.61. The molecule has 0 aliphatic carbocycles. The predicted octanol–water partition coefficient (Wildman–Crippen LogP) is 1.83. The summed E-state index contributed by atoms with van der Waals surface area (Å²) in [4.78, 5) is 48.3. The number of fused-ring (bicyclic) bond motifs is 3. The zero-order valence-electron chi connectivity index (χ0n) is 16.6. The van der Waals surface area contributed by atoms with Gasteiger partial charge < -0.3 is 9.80 Å². The number of aliphatic imine (C=N–C) groups is 1. The minimum atomic E-state index is -0.665. The van der Waals surface area contributed by atoms with Crippen LogP contribution in [-0.2, 0) is 9.59 Å². The van der Waals surface area contributed by atoms with Gasteiger partial charge >= 0.3 is 6.03 Å². The molecule has 2 atom stereocenters. The number of Topliss-reactive ketones (excluding diaryl/α,β-unsaturated/α-hetero) is 1. The summed E-state index contributed by atoms with van der Waals surface area (Å²) in [6.45, 7) is 7.17. The smallest absolute Gasteiger partial charge is 0.302 e. The van der Waals surface area contributed by atoms with Crippen LogP contribution >= 0.6 is 0 Å². The Kier molecular flexibility index (Phi) is 4.02. The molecular formula is C20H23N5O3. The van der Waals surface area contributed by atoms with Gasteiger partial charge in [-0.25, -0.2) is 9.79 Å². The van der Waals surface area contributed by atoms with Gasteiger partial charge in [0, 0.05) is 18.9 Å². The van der Waals surface area contributed by atoms with Gasteiger partial charge in [-0.15, -0.1) is 0 Å². The number of nitrogens with zero attached hydrogens (tertiary/aromatic N) is 5. The molecule has 0 saturated carbocycles. The third kappa shape index (κ3) is 2.51. The Bertz CT molecular complexity index is 967. The third-order valence-corrected chi connectivity index (χ3v) is 5.37. The van der Waals surface area contributed by atoms with Crippen LogP contribution < -0.4 is 4.90 Å². The minimum absolute atomic E-state index is 0.224. The van der Waals surface area contributed by atoms with E-state index in [2.05, 4.69) is 18.2 Å². The first-order valence-corrected chi connectivity index (χ1v) is 9.20. The number of carbonyl (C=O) groups is 3. The minimum Gasteiger partial charge on any atom is -0.302 e. The zero-order valence-corrected chi connectivity index (χ0v) is 16.6. The number of amides is 3. The van der Waals surface area contributed by atoms with Crippen molar-refractivity contribution in [3.63, 3.8) is 0 Å². The number of imide groups is 1. The number of guanidine groups is 1. The monoisotopic (exact) mass is 381 g/mol. The van der Waals surface area contributed by atoms with Gasteiger partial charge in [0.2, 0.25) is 5.96 Å². The van der Waals surface area contributed by atoms with E-state index < -0.39 is 24.1 Å². The molecule has 0 bridgehead atoms. The first-order valence-electron chi connectivity index (χ1n) is 9.20. The lowest BCUT2D eigenvalue weighted by molar-refractivity contribution is -0.139. The molecule has 0 radical (unpaired) electrons. The van der Waals surface area contributed by atoms with Crippen LogP contribution in [0.3, 0.4) is 0 Å². The third-order valence-electron chi connectivity index (χ3n) is 5.37. The van der Waals surface area contributed by atoms with Gasteiger partial charge in [0.25, 0.3) is 5.91 Å². The SMILES string of the molecule is CC(=O)CN1C(=O)C2C(N=C3N(c4cc(C)ccc4C)C(C)=CN32)N(C)C1=O. The van der Waals surface area contributed by atoms with E-state index in [1.165, 1.54) is 11.8 Å². The molecule has 2 unspecified atom stereocenters. The molecule has 0 spiro atoms. The summed E-state index contributed by atoms with van der Waals surface area (Å²) in [6.07, 6.45) is 1.27. The fourth-order valence-electron chi connectivity index (χ4n) is 3.98.